The van der Waals surface area contributed by atoms with Crippen molar-refractivity contribution in [3.05, 3.63) is 65.7 Å². The Labute approximate surface area is 108 Å². The van der Waals surface area contributed by atoms with Crippen LogP contribution in [0.2, 0.25) is 0 Å². The van der Waals surface area contributed by atoms with Crippen molar-refractivity contribution in [3.8, 4) is 0 Å². The second-order valence-corrected chi connectivity index (χ2v) is 4.64. The molecule has 0 aromatic heterocycles. The van der Waals surface area contributed by atoms with Crippen LogP contribution in [0.15, 0.2) is 53.4 Å². The van der Waals surface area contributed by atoms with Crippen LogP contribution in [-0.2, 0) is 0 Å². The number of halogens is 2. The highest BCUT2D eigenvalue weighted by Gasteiger charge is 2.12. The molecule has 0 aliphatic rings. The van der Waals surface area contributed by atoms with E-state index in [2.05, 4.69) is 0 Å². The molecule has 0 aliphatic heterocycles. The quantitative estimate of drug-likeness (QED) is 0.614. The molecule has 4 heteroatoms. The van der Waals surface area contributed by atoms with Gasteiger partial charge in [-0.3, -0.25) is 4.79 Å². The van der Waals surface area contributed by atoms with Gasteiger partial charge in [-0.15, -0.1) is 11.8 Å². The maximum atomic E-state index is 13.3. The number of hydrogen-bond donors (Lipinski definition) is 0. The van der Waals surface area contributed by atoms with Gasteiger partial charge in [-0.1, -0.05) is 24.3 Å². The van der Waals surface area contributed by atoms with E-state index in [0.29, 0.717) is 4.90 Å². The number of ketones is 1. The topological polar surface area (TPSA) is 17.1 Å². The van der Waals surface area contributed by atoms with Gasteiger partial charge in [0.15, 0.2) is 5.78 Å². The summed E-state index contributed by atoms with van der Waals surface area (Å²) in [4.78, 5) is 12.2. The Morgan fingerprint density at radius 3 is 2.22 bits per heavy atom. The first kappa shape index (κ1) is 12.8. The second kappa shape index (κ2) is 5.78. The molecule has 0 atom stereocenters. The lowest BCUT2D eigenvalue weighted by Gasteiger charge is -2.03. The van der Waals surface area contributed by atoms with Crippen LogP contribution in [0.25, 0.3) is 0 Å². The van der Waals surface area contributed by atoms with Crippen molar-refractivity contribution in [2.75, 3.05) is 5.75 Å². The molecule has 2 rings (SSSR count). The molecule has 1 nitrogen and oxygen atoms in total. The number of Topliss-reactive ketones (excluding diaryl/α,β-unsaturated/α-hetero) is 1. The number of thioether (sulfide) groups is 1. The molecule has 0 saturated carbocycles. The lowest BCUT2D eigenvalue weighted by atomic mass is 10.1. The van der Waals surface area contributed by atoms with Crippen molar-refractivity contribution in [3.63, 3.8) is 0 Å². The highest BCUT2D eigenvalue weighted by Crippen LogP contribution is 2.22. The van der Waals surface area contributed by atoms with Crippen LogP contribution in [0, 0.1) is 11.6 Å². The first-order valence-corrected chi connectivity index (χ1v) is 6.32. The van der Waals surface area contributed by atoms with Gasteiger partial charge in [0, 0.05) is 4.90 Å². The summed E-state index contributed by atoms with van der Waals surface area (Å²) in [6, 6.07) is 12.0. The van der Waals surface area contributed by atoms with Crippen LogP contribution in [0.5, 0.6) is 0 Å². The summed E-state index contributed by atoms with van der Waals surface area (Å²) in [5.41, 5.74) is 0.0429. The Balaban J connectivity index is 2.06. The molecule has 0 saturated heterocycles. The summed E-state index contributed by atoms with van der Waals surface area (Å²) < 4.78 is 26.7. The molecule has 0 amide bonds. The van der Waals surface area contributed by atoms with Crippen molar-refractivity contribution in [2.24, 2.45) is 0 Å². The zero-order chi connectivity index (χ0) is 13.0. The fraction of sp³-hybridized carbons (Fsp3) is 0.0714. The standard InChI is InChI=1S/C14H10F2OS/c15-11-6-2-1-5-10(11)13(17)9-18-14-8-4-3-7-12(14)16/h1-8H,9H2. The van der Waals surface area contributed by atoms with Gasteiger partial charge in [-0.2, -0.15) is 0 Å². The molecule has 0 fully saturated rings. The predicted molar refractivity (Wildman–Crippen MR) is 67.9 cm³/mol. The third-order valence-electron chi connectivity index (χ3n) is 2.37. The van der Waals surface area contributed by atoms with E-state index in [1.165, 1.54) is 24.3 Å². The van der Waals surface area contributed by atoms with Crippen LogP contribution < -0.4 is 0 Å². The van der Waals surface area contributed by atoms with E-state index in [4.69, 9.17) is 0 Å². The average Bonchev–Trinajstić information content (AvgIpc) is 2.38. The first-order chi connectivity index (χ1) is 8.68. The average molecular weight is 264 g/mol. The first-order valence-electron chi connectivity index (χ1n) is 5.33. The summed E-state index contributed by atoms with van der Waals surface area (Å²) in [6.07, 6.45) is 0. The van der Waals surface area contributed by atoms with Gasteiger partial charge in [-0.25, -0.2) is 8.78 Å². The highest BCUT2D eigenvalue weighted by molar-refractivity contribution is 8.00. The molecule has 2 aromatic rings. The minimum Gasteiger partial charge on any atom is -0.293 e. The van der Waals surface area contributed by atoms with Crippen molar-refractivity contribution in [1.82, 2.24) is 0 Å². The van der Waals surface area contributed by atoms with Gasteiger partial charge in [0.05, 0.1) is 11.3 Å². The zero-order valence-electron chi connectivity index (χ0n) is 9.40. The van der Waals surface area contributed by atoms with Gasteiger partial charge in [0.2, 0.25) is 0 Å². The third kappa shape index (κ3) is 2.96. The van der Waals surface area contributed by atoms with Crippen LogP contribution >= 0.6 is 11.8 Å². The molecule has 0 aliphatic carbocycles. The summed E-state index contributed by atoms with van der Waals surface area (Å²) in [5, 5.41) is 0. The molecule has 18 heavy (non-hydrogen) atoms. The van der Waals surface area contributed by atoms with Crippen LogP contribution in [0.1, 0.15) is 10.4 Å². The Bertz CT molecular complexity index is 569. The summed E-state index contributed by atoms with van der Waals surface area (Å²) in [6.45, 7) is 0. The maximum absolute atomic E-state index is 13.3. The van der Waals surface area contributed by atoms with Crippen molar-refractivity contribution in [1.29, 1.82) is 0 Å². The van der Waals surface area contributed by atoms with Gasteiger partial charge < -0.3 is 0 Å². The lowest BCUT2D eigenvalue weighted by Crippen LogP contribution is -2.05. The fourth-order valence-corrected chi connectivity index (χ4v) is 2.29. The van der Waals surface area contributed by atoms with E-state index in [1.54, 1.807) is 24.3 Å². The largest absolute Gasteiger partial charge is 0.293 e. The SMILES string of the molecule is O=C(CSc1ccccc1F)c1ccccc1F. The molecule has 92 valence electrons. The lowest BCUT2D eigenvalue weighted by molar-refractivity contribution is 0.101. The fourth-order valence-electron chi connectivity index (χ4n) is 1.47. The van der Waals surface area contributed by atoms with Gasteiger partial charge >= 0.3 is 0 Å². The summed E-state index contributed by atoms with van der Waals surface area (Å²) >= 11 is 1.07. The van der Waals surface area contributed by atoms with E-state index >= 15 is 0 Å². The van der Waals surface area contributed by atoms with E-state index in [0.717, 1.165) is 11.8 Å². The third-order valence-corrected chi connectivity index (χ3v) is 3.42. The normalized spacial score (nSPS) is 10.3. The predicted octanol–water partition coefficient (Wildman–Crippen LogP) is 3.94. The van der Waals surface area contributed by atoms with Crippen molar-refractivity contribution < 1.29 is 13.6 Å². The van der Waals surface area contributed by atoms with E-state index in [-0.39, 0.29) is 22.9 Å². The molecular weight excluding hydrogens is 254 g/mol. The molecule has 0 unspecified atom stereocenters. The molecule has 0 radical (unpaired) electrons. The van der Waals surface area contributed by atoms with E-state index in [9.17, 15) is 13.6 Å². The van der Waals surface area contributed by atoms with Crippen molar-refractivity contribution in [2.45, 2.75) is 4.90 Å². The molecule has 2 aromatic carbocycles. The number of carbonyl (C=O) groups is 1. The number of rotatable bonds is 4. The van der Waals surface area contributed by atoms with E-state index < -0.39 is 5.82 Å². The smallest absolute Gasteiger partial charge is 0.176 e. The second-order valence-electron chi connectivity index (χ2n) is 3.62. The zero-order valence-corrected chi connectivity index (χ0v) is 10.2. The molecule has 0 N–H and O–H groups in total. The van der Waals surface area contributed by atoms with E-state index in [1.807, 2.05) is 0 Å². The minimum absolute atomic E-state index is 0.0157. The Kier molecular flexibility index (Phi) is 4.10. The van der Waals surface area contributed by atoms with Gasteiger partial charge in [0.25, 0.3) is 0 Å². The maximum Gasteiger partial charge on any atom is 0.176 e. The number of carbonyl (C=O) groups excluding carboxylic acids is 1. The summed E-state index contributed by atoms with van der Waals surface area (Å²) in [5.74, 6) is -1.25. The molecule has 0 heterocycles. The molecule has 0 spiro atoms. The van der Waals surface area contributed by atoms with Crippen LogP contribution in [0.4, 0.5) is 8.78 Å². The van der Waals surface area contributed by atoms with Gasteiger partial charge in [-0.05, 0) is 24.3 Å². The number of hydrogen-bond acceptors (Lipinski definition) is 2. The monoisotopic (exact) mass is 264 g/mol. The molecular formula is C14H10F2OS. The Hall–Kier alpha value is -1.68. The van der Waals surface area contributed by atoms with Gasteiger partial charge in [0.1, 0.15) is 11.6 Å². The molecule has 0 bridgehead atoms. The summed E-state index contributed by atoms with van der Waals surface area (Å²) in [7, 11) is 0. The highest BCUT2D eigenvalue weighted by atomic mass is 32.2. The number of benzene rings is 2. The van der Waals surface area contributed by atoms with Crippen LogP contribution in [0.3, 0.4) is 0 Å². The van der Waals surface area contributed by atoms with Crippen LogP contribution in [-0.4, -0.2) is 11.5 Å². The minimum atomic E-state index is -0.545. The Morgan fingerprint density at radius 1 is 0.944 bits per heavy atom. The Morgan fingerprint density at radius 2 is 1.56 bits per heavy atom. The van der Waals surface area contributed by atoms with Crippen molar-refractivity contribution >= 4 is 17.5 Å².